The molecular formula is C20H23ClN4O3. The molecule has 0 fully saturated rings. The summed E-state index contributed by atoms with van der Waals surface area (Å²) in [4.78, 5) is 16.4. The molecule has 0 spiro atoms. The van der Waals surface area contributed by atoms with Crippen LogP contribution in [0.1, 0.15) is 23.9 Å². The minimum atomic E-state index is -0.236. The fourth-order valence-corrected chi connectivity index (χ4v) is 2.56. The lowest BCUT2D eigenvalue weighted by atomic mass is 10.1. The minimum absolute atomic E-state index is 0. The number of benzene rings is 2. The molecule has 0 saturated heterocycles. The van der Waals surface area contributed by atoms with Crippen LogP contribution in [0, 0.1) is 0 Å². The number of rotatable bonds is 8. The molecule has 0 bridgehead atoms. The zero-order valence-electron chi connectivity index (χ0n) is 15.5. The maximum absolute atomic E-state index is 12.0. The molecule has 1 heterocycles. The van der Waals surface area contributed by atoms with Gasteiger partial charge in [0, 0.05) is 31.0 Å². The lowest BCUT2D eigenvalue weighted by Crippen LogP contribution is -2.32. The number of aryl methyl sites for hydroxylation is 1. The summed E-state index contributed by atoms with van der Waals surface area (Å²) in [5, 5.41) is 6.79. The number of nitrogens with two attached hydrogens (primary N) is 1. The van der Waals surface area contributed by atoms with Gasteiger partial charge in [-0.05, 0) is 29.8 Å². The van der Waals surface area contributed by atoms with Crippen LogP contribution >= 0.6 is 12.4 Å². The Morgan fingerprint density at radius 2 is 1.89 bits per heavy atom. The number of hydrogen-bond donors (Lipinski definition) is 2. The van der Waals surface area contributed by atoms with E-state index in [1.54, 1.807) is 7.11 Å². The Morgan fingerprint density at radius 1 is 1.18 bits per heavy atom. The molecule has 148 valence electrons. The standard InChI is InChI=1S/C20H22N4O3.ClH/c1-26-16-9-7-15(8-10-16)20-23-19(27-24-20)12-11-18(25)22-13-17(21)14-5-3-2-4-6-14;/h2-10,17H,11-13,21H2,1H3,(H,22,25);1H. The Hall–Kier alpha value is -2.90. The Morgan fingerprint density at radius 3 is 2.57 bits per heavy atom. The first kappa shape index (κ1) is 21.4. The zero-order valence-corrected chi connectivity index (χ0v) is 16.3. The van der Waals surface area contributed by atoms with Crippen LogP contribution in [0.5, 0.6) is 5.75 Å². The second kappa shape index (κ2) is 10.4. The van der Waals surface area contributed by atoms with Crippen molar-refractivity contribution in [3.8, 4) is 17.1 Å². The van der Waals surface area contributed by atoms with Crippen LogP contribution in [-0.2, 0) is 11.2 Å². The van der Waals surface area contributed by atoms with Gasteiger partial charge in [0.05, 0.1) is 7.11 Å². The molecule has 1 amide bonds. The Kier molecular flexibility index (Phi) is 7.98. The number of carbonyl (C=O) groups excluding carboxylic acids is 1. The summed E-state index contributed by atoms with van der Waals surface area (Å²) in [6, 6.07) is 16.8. The van der Waals surface area contributed by atoms with Gasteiger partial charge >= 0.3 is 0 Å². The molecule has 7 nitrogen and oxygen atoms in total. The topological polar surface area (TPSA) is 103 Å². The van der Waals surface area contributed by atoms with E-state index in [0.717, 1.165) is 16.9 Å². The molecule has 3 rings (SSSR count). The van der Waals surface area contributed by atoms with Crippen LogP contribution in [-0.4, -0.2) is 29.7 Å². The lowest BCUT2D eigenvalue weighted by Gasteiger charge is -2.12. The van der Waals surface area contributed by atoms with Gasteiger partial charge in [-0.3, -0.25) is 4.79 Å². The van der Waals surface area contributed by atoms with Gasteiger partial charge in [0.25, 0.3) is 0 Å². The molecule has 3 N–H and O–H groups in total. The minimum Gasteiger partial charge on any atom is -0.497 e. The normalized spacial score (nSPS) is 11.4. The Bertz CT molecular complexity index is 869. The molecule has 0 aliphatic heterocycles. The van der Waals surface area contributed by atoms with Crippen LogP contribution < -0.4 is 15.8 Å². The van der Waals surface area contributed by atoms with E-state index in [2.05, 4.69) is 15.5 Å². The van der Waals surface area contributed by atoms with E-state index >= 15 is 0 Å². The average molecular weight is 403 g/mol. The quantitative estimate of drug-likeness (QED) is 0.600. The van der Waals surface area contributed by atoms with Crippen LogP contribution in [0.4, 0.5) is 0 Å². The first-order chi connectivity index (χ1) is 13.2. The van der Waals surface area contributed by atoms with Crippen molar-refractivity contribution in [2.75, 3.05) is 13.7 Å². The van der Waals surface area contributed by atoms with Gasteiger partial charge < -0.3 is 20.3 Å². The number of hydrogen-bond acceptors (Lipinski definition) is 6. The molecule has 0 radical (unpaired) electrons. The van der Waals surface area contributed by atoms with E-state index < -0.39 is 0 Å². The number of amides is 1. The van der Waals surface area contributed by atoms with E-state index in [1.165, 1.54) is 0 Å². The second-order valence-electron chi connectivity index (χ2n) is 6.06. The monoisotopic (exact) mass is 402 g/mol. The number of halogens is 1. The predicted octanol–water partition coefficient (Wildman–Crippen LogP) is 2.92. The molecule has 1 aromatic heterocycles. The third kappa shape index (κ3) is 5.80. The second-order valence-corrected chi connectivity index (χ2v) is 6.06. The Balaban J connectivity index is 0.00000280. The van der Waals surface area contributed by atoms with Crippen molar-refractivity contribution in [3.05, 3.63) is 66.1 Å². The molecular weight excluding hydrogens is 380 g/mol. The van der Waals surface area contributed by atoms with Gasteiger partial charge in [0.1, 0.15) is 5.75 Å². The fraction of sp³-hybridized carbons (Fsp3) is 0.250. The molecule has 3 aromatic rings. The van der Waals surface area contributed by atoms with Crippen LogP contribution in [0.2, 0.25) is 0 Å². The summed E-state index contributed by atoms with van der Waals surface area (Å²) in [7, 11) is 1.61. The van der Waals surface area contributed by atoms with Crippen LogP contribution in [0.3, 0.4) is 0 Å². The van der Waals surface area contributed by atoms with Crippen molar-refractivity contribution < 1.29 is 14.1 Å². The maximum Gasteiger partial charge on any atom is 0.227 e. The summed E-state index contributed by atoms with van der Waals surface area (Å²) in [5.74, 6) is 1.56. The van der Waals surface area contributed by atoms with E-state index in [9.17, 15) is 4.79 Å². The van der Waals surface area contributed by atoms with E-state index in [-0.39, 0.29) is 30.8 Å². The van der Waals surface area contributed by atoms with E-state index in [0.29, 0.717) is 24.7 Å². The lowest BCUT2D eigenvalue weighted by molar-refractivity contribution is -0.121. The highest BCUT2D eigenvalue weighted by molar-refractivity contribution is 5.85. The van der Waals surface area contributed by atoms with Crippen LogP contribution in [0.15, 0.2) is 59.1 Å². The number of ether oxygens (including phenoxy) is 1. The average Bonchev–Trinajstić information content (AvgIpc) is 3.20. The summed E-state index contributed by atoms with van der Waals surface area (Å²) < 4.78 is 10.3. The van der Waals surface area contributed by atoms with Gasteiger partial charge in [-0.25, -0.2) is 0 Å². The van der Waals surface area contributed by atoms with Crippen molar-refractivity contribution in [2.24, 2.45) is 5.73 Å². The van der Waals surface area contributed by atoms with Gasteiger partial charge in [0.15, 0.2) is 0 Å². The predicted molar refractivity (Wildman–Crippen MR) is 108 cm³/mol. The summed E-state index contributed by atoms with van der Waals surface area (Å²) in [6.07, 6.45) is 0.626. The molecule has 8 heteroatoms. The van der Waals surface area contributed by atoms with Crippen molar-refractivity contribution in [3.63, 3.8) is 0 Å². The summed E-state index contributed by atoms with van der Waals surface area (Å²) in [5.41, 5.74) is 7.88. The van der Waals surface area contributed by atoms with Crippen molar-refractivity contribution in [2.45, 2.75) is 18.9 Å². The summed E-state index contributed by atoms with van der Waals surface area (Å²) >= 11 is 0. The number of nitrogens with zero attached hydrogens (tertiary/aromatic N) is 2. The van der Waals surface area contributed by atoms with E-state index in [4.69, 9.17) is 15.0 Å². The molecule has 28 heavy (non-hydrogen) atoms. The molecule has 0 aliphatic rings. The zero-order chi connectivity index (χ0) is 19.1. The molecule has 0 saturated carbocycles. The van der Waals surface area contributed by atoms with Gasteiger partial charge in [-0.15, -0.1) is 12.4 Å². The number of aromatic nitrogens is 2. The number of nitrogens with one attached hydrogen (secondary N) is 1. The number of methoxy groups -OCH3 is 1. The highest BCUT2D eigenvalue weighted by atomic mass is 35.5. The highest BCUT2D eigenvalue weighted by Gasteiger charge is 2.12. The van der Waals surface area contributed by atoms with Crippen molar-refractivity contribution in [1.29, 1.82) is 0 Å². The number of carbonyl (C=O) groups is 1. The molecule has 1 atom stereocenters. The van der Waals surface area contributed by atoms with Gasteiger partial charge in [-0.1, -0.05) is 35.5 Å². The fourth-order valence-electron chi connectivity index (χ4n) is 2.56. The third-order valence-electron chi connectivity index (χ3n) is 4.13. The smallest absolute Gasteiger partial charge is 0.227 e. The molecule has 1 unspecified atom stereocenters. The van der Waals surface area contributed by atoms with Gasteiger partial charge in [-0.2, -0.15) is 4.98 Å². The SMILES string of the molecule is COc1ccc(-c2noc(CCC(=O)NCC(N)c3ccccc3)n2)cc1.Cl. The first-order valence-electron chi connectivity index (χ1n) is 8.70. The largest absolute Gasteiger partial charge is 0.497 e. The highest BCUT2D eigenvalue weighted by Crippen LogP contribution is 2.20. The first-order valence-corrected chi connectivity index (χ1v) is 8.70. The van der Waals surface area contributed by atoms with Crippen molar-refractivity contribution >= 4 is 18.3 Å². The van der Waals surface area contributed by atoms with Gasteiger partial charge in [0.2, 0.25) is 17.6 Å². The van der Waals surface area contributed by atoms with Crippen LogP contribution in [0.25, 0.3) is 11.4 Å². The Labute approximate surface area is 169 Å². The third-order valence-corrected chi connectivity index (χ3v) is 4.13. The summed E-state index contributed by atoms with van der Waals surface area (Å²) in [6.45, 7) is 0.379. The van der Waals surface area contributed by atoms with Crippen molar-refractivity contribution in [1.82, 2.24) is 15.5 Å². The maximum atomic E-state index is 12.0. The van der Waals surface area contributed by atoms with E-state index in [1.807, 2.05) is 54.6 Å². The molecule has 2 aromatic carbocycles. The molecule has 0 aliphatic carbocycles.